The second kappa shape index (κ2) is 6.76. The van der Waals surface area contributed by atoms with E-state index in [1.165, 1.54) is 12.3 Å². The van der Waals surface area contributed by atoms with Gasteiger partial charge < -0.3 is 4.74 Å². The highest BCUT2D eigenvalue weighted by Gasteiger charge is 2.19. The first kappa shape index (κ1) is 16.1. The quantitative estimate of drug-likeness (QED) is 0.577. The van der Waals surface area contributed by atoms with E-state index in [9.17, 15) is 9.18 Å². The summed E-state index contributed by atoms with van der Waals surface area (Å²) < 4.78 is 18.5. The maximum atomic E-state index is 13.5. The van der Waals surface area contributed by atoms with Crippen LogP contribution in [0.15, 0.2) is 36.5 Å². The van der Waals surface area contributed by atoms with Crippen LogP contribution >= 0.6 is 11.6 Å². The molecule has 0 bridgehead atoms. The highest BCUT2D eigenvalue weighted by molar-refractivity contribution is 6.29. The van der Waals surface area contributed by atoms with E-state index in [-0.39, 0.29) is 17.5 Å². The number of ether oxygens (including phenoxy) is 1. The number of carbonyl (C=O) groups excluding carboxylic acids is 1. The lowest BCUT2D eigenvalue weighted by Gasteiger charge is -2.05. The summed E-state index contributed by atoms with van der Waals surface area (Å²) in [6.07, 6.45) is 1.49. The number of hydrogen-bond acceptors (Lipinski definition) is 5. The molecule has 122 valence electrons. The summed E-state index contributed by atoms with van der Waals surface area (Å²) in [7, 11) is 0. The van der Waals surface area contributed by atoms with Crippen LogP contribution in [0.25, 0.3) is 22.4 Å². The normalized spacial score (nSPS) is 10.6. The Hall–Kier alpha value is -2.80. The van der Waals surface area contributed by atoms with Gasteiger partial charge in [-0.3, -0.25) is 0 Å². The zero-order chi connectivity index (χ0) is 17.1. The lowest BCUT2D eigenvalue weighted by Crippen LogP contribution is -2.06. The zero-order valence-electron chi connectivity index (χ0n) is 12.6. The minimum Gasteiger partial charge on any atom is -0.461 e. The lowest BCUT2D eigenvalue weighted by atomic mass is 10.0. The average molecular weight is 347 g/mol. The van der Waals surface area contributed by atoms with Crippen molar-refractivity contribution in [2.45, 2.75) is 6.92 Å². The first-order valence-corrected chi connectivity index (χ1v) is 7.47. The fraction of sp³-hybridized carbons (Fsp3) is 0.125. The number of rotatable bonds is 4. The van der Waals surface area contributed by atoms with Gasteiger partial charge in [0.2, 0.25) is 0 Å². The van der Waals surface area contributed by atoms with Crippen LogP contribution in [0, 0.1) is 5.82 Å². The fourth-order valence-corrected chi connectivity index (χ4v) is 2.28. The number of hydrogen-bond donors (Lipinski definition) is 1. The third-order valence-corrected chi connectivity index (χ3v) is 3.58. The molecule has 0 fully saturated rings. The molecule has 6 nitrogen and oxygen atoms in total. The molecule has 24 heavy (non-hydrogen) atoms. The molecule has 0 aliphatic heterocycles. The Kier molecular flexibility index (Phi) is 4.52. The van der Waals surface area contributed by atoms with Crippen molar-refractivity contribution in [2.24, 2.45) is 0 Å². The molecule has 3 rings (SSSR count). The molecule has 1 N–H and O–H groups in total. The highest BCUT2D eigenvalue weighted by Crippen LogP contribution is 2.26. The summed E-state index contributed by atoms with van der Waals surface area (Å²) in [6, 6.07) is 8.35. The summed E-state index contributed by atoms with van der Waals surface area (Å²) in [5, 5.41) is 10.1. The predicted molar refractivity (Wildman–Crippen MR) is 86.0 cm³/mol. The zero-order valence-corrected chi connectivity index (χ0v) is 13.3. The number of pyridine rings is 1. The number of aromatic nitrogens is 4. The van der Waals surface area contributed by atoms with Crippen LogP contribution < -0.4 is 0 Å². The number of carbonyl (C=O) groups is 1. The molecule has 0 saturated heterocycles. The molecule has 0 amide bonds. The Morgan fingerprint density at radius 1 is 1.21 bits per heavy atom. The molecule has 1 aromatic carbocycles. The Labute approximate surface area is 141 Å². The molecule has 0 radical (unpaired) electrons. The number of nitrogens with zero attached hydrogens (tertiary/aromatic N) is 3. The molecule has 3 aromatic rings. The standard InChI is InChI=1S/C16H12ClFN4O2/c1-2-24-16(23)14-13(20-22-21-14)10-5-3-9(4-6-10)11-7-12(18)15(17)19-8-11/h3-8H,2H2,1H3,(H,20,21,22). The molecule has 8 heteroatoms. The Bertz CT molecular complexity index is 880. The van der Waals surface area contributed by atoms with Crippen LogP contribution in [-0.4, -0.2) is 33.0 Å². The van der Waals surface area contributed by atoms with Crippen molar-refractivity contribution < 1.29 is 13.9 Å². The van der Waals surface area contributed by atoms with Crippen LogP contribution in [0.2, 0.25) is 5.15 Å². The summed E-state index contributed by atoms with van der Waals surface area (Å²) in [6.45, 7) is 1.96. The van der Waals surface area contributed by atoms with Crippen molar-refractivity contribution in [3.63, 3.8) is 0 Å². The van der Waals surface area contributed by atoms with Crippen molar-refractivity contribution in [1.82, 2.24) is 20.4 Å². The van der Waals surface area contributed by atoms with E-state index in [0.717, 1.165) is 5.56 Å². The average Bonchev–Trinajstić information content (AvgIpc) is 3.07. The molecule has 0 aliphatic rings. The van der Waals surface area contributed by atoms with E-state index in [1.54, 1.807) is 31.2 Å². The number of halogens is 2. The second-order valence-corrected chi connectivity index (χ2v) is 5.17. The minimum atomic E-state index is -0.584. The van der Waals surface area contributed by atoms with E-state index in [0.29, 0.717) is 16.8 Å². The Balaban J connectivity index is 1.91. The smallest absolute Gasteiger partial charge is 0.361 e. The molecule has 0 saturated carbocycles. The van der Waals surface area contributed by atoms with Crippen LogP contribution in [0.4, 0.5) is 4.39 Å². The molecule has 0 spiro atoms. The third kappa shape index (κ3) is 3.11. The van der Waals surface area contributed by atoms with Gasteiger partial charge in [-0.15, -0.1) is 5.10 Å². The van der Waals surface area contributed by atoms with Gasteiger partial charge in [-0.2, -0.15) is 10.3 Å². The van der Waals surface area contributed by atoms with Gasteiger partial charge in [0, 0.05) is 17.3 Å². The van der Waals surface area contributed by atoms with Gasteiger partial charge in [-0.1, -0.05) is 35.9 Å². The van der Waals surface area contributed by atoms with Crippen molar-refractivity contribution >= 4 is 17.6 Å². The Morgan fingerprint density at radius 2 is 1.92 bits per heavy atom. The van der Waals surface area contributed by atoms with Crippen molar-refractivity contribution in [2.75, 3.05) is 6.61 Å². The van der Waals surface area contributed by atoms with Crippen LogP contribution in [0.5, 0.6) is 0 Å². The van der Waals surface area contributed by atoms with Crippen LogP contribution in [0.1, 0.15) is 17.4 Å². The summed E-state index contributed by atoms with van der Waals surface area (Å²) >= 11 is 5.59. The molecule has 0 atom stereocenters. The van der Waals surface area contributed by atoms with Crippen molar-refractivity contribution in [3.8, 4) is 22.4 Å². The van der Waals surface area contributed by atoms with E-state index in [2.05, 4.69) is 20.4 Å². The third-order valence-electron chi connectivity index (χ3n) is 3.30. The van der Waals surface area contributed by atoms with Gasteiger partial charge in [0.15, 0.2) is 16.7 Å². The maximum Gasteiger partial charge on any atom is 0.361 e. The minimum absolute atomic E-state index is 0.115. The molecule has 2 aromatic heterocycles. The summed E-state index contributed by atoms with van der Waals surface area (Å²) in [5.41, 5.74) is 2.53. The summed E-state index contributed by atoms with van der Waals surface area (Å²) in [5.74, 6) is -1.13. The van der Waals surface area contributed by atoms with E-state index < -0.39 is 11.8 Å². The number of aromatic amines is 1. The van der Waals surface area contributed by atoms with E-state index in [1.807, 2.05) is 0 Å². The topological polar surface area (TPSA) is 80.8 Å². The van der Waals surface area contributed by atoms with E-state index in [4.69, 9.17) is 16.3 Å². The molecule has 2 heterocycles. The number of nitrogens with one attached hydrogen (secondary N) is 1. The SMILES string of the molecule is CCOC(=O)c1n[nH]nc1-c1ccc(-c2cnc(Cl)c(F)c2)cc1. The number of benzene rings is 1. The summed E-state index contributed by atoms with van der Waals surface area (Å²) in [4.78, 5) is 15.6. The van der Waals surface area contributed by atoms with Gasteiger partial charge in [-0.05, 0) is 18.6 Å². The number of H-pyrrole nitrogens is 1. The number of esters is 1. The van der Waals surface area contributed by atoms with Gasteiger partial charge in [0.25, 0.3) is 0 Å². The van der Waals surface area contributed by atoms with E-state index >= 15 is 0 Å². The van der Waals surface area contributed by atoms with Gasteiger partial charge in [0.05, 0.1) is 6.61 Å². The molecule has 0 unspecified atom stereocenters. The maximum absolute atomic E-state index is 13.5. The molecular formula is C16H12ClFN4O2. The van der Waals surface area contributed by atoms with Gasteiger partial charge in [-0.25, -0.2) is 14.2 Å². The first-order valence-electron chi connectivity index (χ1n) is 7.10. The lowest BCUT2D eigenvalue weighted by molar-refractivity contribution is 0.0520. The predicted octanol–water partition coefficient (Wildman–Crippen LogP) is 3.50. The highest BCUT2D eigenvalue weighted by atomic mass is 35.5. The van der Waals surface area contributed by atoms with Crippen molar-refractivity contribution in [1.29, 1.82) is 0 Å². The van der Waals surface area contributed by atoms with Gasteiger partial charge >= 0.3 is 5.97 Å². The fourth-order valence-electron chi connectivity index (χ4n) is 2.17. The largest absolute Gasteiger partial charge is 0.461 e. The van der Waals surface area contributed by atoms with Crippen LogP contribution in [-0.2, 0) is 4.74 Å². The van der Waals surface area contributed by atoms with Crippen molar-refractivity contribution in [3.05, 3.63) is 53.2 Å². The van der Waals surface area contributed by atoms with Gasteiger partial charge in [0.1, 0.15) is 5.69 Å². The Morgan fingerprint density at radius 3 is 2.58 bits per heavy atom. The monoisotopic (exact) mass is 346 g/mol. The first-order chi connectivity index (χ1) is 11.6. The molecular weight excluding hydrogens is 335 g/mol. The van der Waals surface area contributed by atoms with Crippen LogP contribution in [0.3, 0.4) is 0 Å². The molecule has 0 aliphatic carbocycles. The second-order valence-electron chi connectivity index (χ2n) is 4.82.